The van der Waals surface area contributed by atoms with Gasteiger partial charge in [0.15, 0.2) is 0 Å². The number of nitrogens with one attached hydrogen (secondary N) is 2. The molecule has 1 aromatic carbocycles. The highest BCUT2D eigenvalue weighted by molar-refractivity contribution is 6.02. The number of benzene rings is 1. The molecule has 0 spiro atoms. The van der Waals surface area contributed by atoms with Gasteiger partial charge in [-0.25, -0.2) is 9.97 Å². The van der Waals surface area contributed by atoms with Crippen LogP contribution in [0.2, 0.25) is 0 Å². The molecule has 2 rings (SSSR count). The number of rotatable bonds is 6. The molecule has 0 aliphatic rings. The Labute approximate surface area is 124 Å². The van der Waals surface area contributed by atoms with Gasteiger partial charge in [-0.05, 0) is 24.1 Å². The van der Waals surface area contributed by atoms with Gasteiger partial charge in [-0.15, -0.1) is 6.58 Å². The summed E-state index contributed by atoms with van der Waals surface area (Å²) < 4.78 is 0. The molecule has 2 N–H and O–H groups in total. The van der Waals surface area contributed by atoms with Gasteiger partial charge in [0, 0.05) is 12.2 Å². The van der Waals surface area contributed by atoms with Crippen molar-refractivity contribution in [3.63, 3.8) is 0 Å². The maximum absolute atomic E-state index is 12.0. The average molecular weight is 282 g/mol. The smallest absolute Gasteiger partial charge is 0.275 e. The normalized spacial score (nSPS) is 9.95. The fraction of sp³-hybridized carbons (Fsp3) is 0.188. The van der Waals surface area contributed by atoms with Gasteiger partial charge in [-0.2, -0.15) is 0 Å². The van der Waals surface area contributed by atoms with Crippen molar-refractivity contribution >= 4 is 17.4 Å². The van der Waals surface area contributed by atoms with Crippen LogP contribution in [0, 0.1) is 0 Å². The van der Waals surface area contributed by atoms with Crippen LogP contribution in [-0.2, 0) is 6.42 Å². The van der Waals surface area contributed by atoms with Crippen LogP contribution < -0.4 is 10.6 Å². The summed E-state index contributed by atoms with van der Waals surface area (Å²) in [7, 11) is 0. The molecule has 0 unspecified atom stereocenters. The summed E-state index contributed by atoms with van der Waals surface area (Å²) in [6.07, 6.45) is 5.67. The number of hydrogen-bond donors (Lipinski definition) is 2. The van der Waals surface area contributed by atoms with Crippen molar-refractivity contribution in [1.82, 2.24) is 9.97 Å². The van der Waals surface area contributed by atoms with Crippen molar-refractivity contribution in [3.05, 3.63) is 60.6 Å². The summed E-state index contributed by atoms with van der Waals surface area (Å²) in [5.41, 5.74) is 2.25. The van der Waals surface area contributed by atoms with Crippen LogP contribution in [0.25, 0.3) is 0 Å². The van der Waals surface area contributed by atoms with E-state index in [2.05, 4.69) is 34.1 Å². The second kappa shape index (κ2) is 7.19. The quantitative estimate of drug-likeness (QED) is 0.799. The SMILES string of the molecule is C=CCNc1cnc(C(=O)Nc2ccc(CC)cc2)cn1. The van der Waals surface area contributed by atoms with E-state index in [0.29, 0.717) is 12.4 Å². The largest absolute Gasteiger partial charge is 0.365 e. The third-order valence-corrected chi connectivity index (χ3v) is 2.93. The molecule has 5 heteroatoms. The lowest BCUT2D eigenvalue weighted by Gasteiger charge is -2.06. The molecule has 0 saturated carbocycles. The van der Waals surface area contributed by atoms with Crippen molar-refractivity contribution in [2.75, 3.05) is 17.2 Å². The standard InChI is InChI=1S/C16H18N4O/c1-3-9-17-15-11-18-14(10-19-15)16(21)20-13-7-5-12(4-2)6-8-13/h3,5-8,10-11H,1,4,9H2,2H3,(H,17,19)(H,20,21). The second-order valence-electron chi connectivity index (χ2n) is 4.46. The van der Waals surface area contributed by atoms with Gasteiger partial charge in [0.2, 0.25) is 0 Å². The average Bonchev–Trinajstić information content (AvgIpc) is 2.54. The summed E-state index contributed by atoms with van der Waals surface area (Å²) in [4.78, 5) is 20.3. The van der Waals surface area contributed by atoms with E-state index < -0.39 is 0 Å². The highest BCUT2D eigenvalue weighted by Crippen LogP contribution is 2.11. The van der Waals surface area contributed by atoms with Gasteiger partial charge in [0.1, 0.15) is 11.5 Å². The maximum atomic E-state index is 12.0. The van der Waals surface area contributed by atoms with Gasteiger partial charge in [0.05, 0.1) is 12.4 Å². The fourth-order valence-electron chi connectivity index (χ4n) is 1.73. The highest BCUT2D eigenvalue weighted by atomic mass is 16.1. The molecule has 0 fully saturated rings. The molecule has 0 aliphatic heterocycles. The van der Waals surface area contributed by atoms with Crippen molar-refractivity contribution in [2.45, 2.75) is 13.3 Å². The van der Waals surface area contributed by atoms with Crippen LogP contribution in [0.15, 0.2) is 49.3 Å². The minimum absolute atomic E-state index is 0.276. The third kappa shape index (κ3) is 4.14. The Bertz CT molecular complexity index is 605. The zero-order chi connectivity index (χ0) is 15.1. The predicted octanol–water partition coefficient (Wildman–Crippen LogP) is 2.89. The molecular formula is C16H18N4O. The Balaban J connectivity index is 2.00. The van der Waals surface area contributed by atoms with Crippen LogP contribution in [0.4, 0.5) is 11.5 Å². The lowest BCUT2D eigenvalue weighted by molar-refractivity contribution is 0.102. The van der Waals surface area contributed by atoms with Crippen molar-refractivity contribution in [2.24, 2.45) is 0 Å². The third-order valence-electron chi connectivity index (χ3n) is 2.93. The molecule has 108 valence electrons. The Morgan fingerprint density at radius 1 is 1.24 bits per heavy atom. The first-order valence-electron chi connectivity index (χ1n) is 6.80. The Kier molecular flexibility index (Phi) is 5.04. The number of anilines is 2. The summed E-state index contributed by atoms with van der Waals surface area (Å²) in [6, 6.07) is 7.74. The fourth-order valence-corrected chi connectivity index (χ4v) is 1.73. The summed E-state index contributed by atoms with van der Waals surface area (Å²) in [6.45, 7) is 6.30. The predicted molar refractivity (Wildman–Crippen MR) is 84.5 cm³/mol. The number of nitrogens with zero attached hydrogens (tertiary/aromatic N) is 2. The second-order valence-corrected chi connectivity index (χ2v) is 4.46. The number of hydrogen-bond acceptors (Lipinski definition) is 4. The molecule has 1 aromatic heterocycles. The molecule has 1 heterocycles. The lowest BCUT2D eigenvalue weighted by Crippen LogP contribution is -2.14. The summed E-state index contributed by atoms with van der Waals surface area (Å²) in [5.74, 6) is 0.334. The van der Waals surface area contributed by atoms with E-state index >= 15 is 0 Å². The van der Waals surface area contributed by atoms with Gasteiger partial charge in [-0.1, -0.05) is 25.1 Å². The first-order chi connectivity index (χ1) is 10.2. The van der Waals surface area contributed by atoms with E-state index in [0.717, 1.165) is 12.1 Å². The van der Waals surface area contributed by atoms with E-state index in [1.807, 2.05) is 24.3 Å². The summed E-state index contributed by atoms with van der Waals surface area (Å²) >= 11 is 0. The zero-order valence-corrected chi connectivity index (χ0v) is 12.0. The number of amides is 1. The van der Waals surface area contributed by atoms with Gasteiger partial charge < -0.3 is 10.6 Å². The molecule has 0 atom stereocenters. The van der Waals surface area contributed by atoms with Crippen LogP contribution in [0.3, 0.4) is 0 Å². The Hall–Kier alpha value is -2.69. The van der Waals surface area contributed by atoms with Crippen molar-refractivity contribution < 1.29 is 4.79 Å². The molecular weight excluding hydrogens is 264 g/mol. The molecule has 2 aromatic rings. The molecule has 0 bridgehead atoms. The van der Waals surface area contributed by atoms with E-state index in [1.165, 1.54) is 18.0 Å². The number of aromatic nitrogens is 2. The molecule has 0 aliphatic carbocycles. The minimum Gasteiger partial charge on any atom is -0.365 e. The van der Waals surface area contributed by atoms with Gasteiger partial charge >= 0.3 is 0 Å². The lowest BCUT2D eigenvalue weighted by atomic mass is 10.1. The van der Waals surface area contributed by atoms with Gasteiger partial charge in [-0.3, -0.25) is 4.79 Å². The first-order valence-corrected chi connectivity index (χ1v) is 6.80. The van der Waals surface area contributed by atoms with E-state index in [1.54, 1.807) is 6.08 Å². The first kappa shape index (κ1) is 14.7. The zero-order valence-electron chi connectivity index (χ0n) is 12.0. The highest BCUT2D eigenvalue weighted by Gasteiger charge is 2.08. The van der Waals surface area contributed by atoms with Crippen LogP contribution in [0.5, 0.6) is 0 Å². The van der Waals surface area contributed by atoms with Crippen LogP contribution >= 0.6 is 0 Å². The minimum atomic E-state index is -0.276. The van der Waals surface area contributed by atoms with E-state index in [9.17, 15) is 4.79 Å². The molecule has 21 heavy (non-hydrogen) atoms. The van der Waals surface area contributed by atoms with Crippen LogP contribution in [-0.4, -0.2) is 22.4 Å². The molecule has 0 saturated heterocycles. The monoisotopic (exact) mass is 282 g/mol. The molecule has 0 radical (unpaired) electrons. The molecule has 1 amide bonds. The van der Waals surface area contributed by atoms with Crippen LogP contribution in [0.1, 0.15) is 23.0 Å². The van der Waals surface area contributed by atoms with Gasteiger partial charge in [0.25, 0.3) is 5.91 Å². The Morgan fingerprint density at radius 3 is 2.57 bits per heavy atom. The van der Waals surface area contributed by atoms with Crippen molar-refractivity contribution in [1.29, 1.82) is 0 Å². The number of carbonyl (C=O) groups excluding carboxylic acids is 1. The van der Waals surface area contributed by atoms with E-state index in [-0.39, 0.29) is 11.6 Å². The van der Waals surface area contributed by atoms with Crippen molar-refractivity contribution in [3.8, 4) is 0 Å². The van der Waals surface area contributed by atoms with E-state index in [4.69, 9.17) is 0 Å². The maximum Gasteiger partial charge on any atom is 0.275 e. The topological polar surface area (TPSA) is 66.9 Å². The summed E-state index contributed by atoms with van der Waals surface area (Å²) in [5, 5.41) is 5.79. The number of carbonyl (C=O) groups is 1. The number of aryl methyl sites for hydroxylation is 1. The Morgan fingerprint density at radius 2 is 2.00 bits per heavy atom. The molecule has 5 nitrogen and oxygen atoms in total.